The van der Waals surface area contributed by atoms with Crippen LogP contribution in [0.4, 0.5) is 5.82 Å². The van der Waals surface area contributed by atoms with E-state index in [1.807, 2.05) is 47.2 Å². The third-order valence-corrected chi connectivity index (χ3v) is 5.57. The third-order valence-electron chi connectivity index (χ3n) is 3.78. The number of carbonyl (C=O) groups excluding carboxylic acids is 1. The standard InChI is InChI=1S/C17H13BrN4OS/c18-12-3-5-13(6-4-12)22-10-20-17-15(22)16(24-9-14(23)21-17)11-2-1-7-19-8-11/h1-8,10,16H,9H2,(H,21,23)/t16-/m1/s1. The Morgan fingerprint density at radius 1 is 1.25 bits per heavy atom. The fourth-order valence-corrected chi connectivity index (χ4v) is 4.07. The number of imidazole rings is 1. The lowest BCUT2D eigenvalue weighted by Gasteiger charge is -2.17. The molecule has 0 aliphatic carbocycles. The zero-order chi connectivity index (χ0) is 16.5. The third kappa shape index (κ3) is 2.85. The van der Waals surface area contributed by atoms with E-state index in [1.54, 1.807) is 24.3 Å². The number of aromatic nitrogens is 3. The average Bonchev–Trinajstić information content (AvgIpc) is 2.92. The van der Waals surface area contributed by atoms with Gasteiger partial charge in [0, 0.05) is 22.6 Å². The van der Waals surface area contributed by atoms with E-state index in [0.717, 1.165) is 21.4 Å². The summed E-state index contributed by atoms with van der Waals surface area (Å²) in [4.78, 5) is 20.7. The quantitative estimate of drug-likeness (QED) is 0.710. The van der Waals surface area contributed by atoms with Crippen LogP contribution in [0.2, 0.25) is 0 Å². The van der Waals surface area contributed by atoms with E-state index in [1.165, 1.54) is 0 Å². The summed E-state index contributed by atoms with van der Waals surface area (Å²) < 4.78 is 3.04. The molecule has 1 aromatic carbocycles. The summed E-state index contributed by atoms with van der Waals surface area (Å²) in [7, 11) is 0. The van der Waals surface area contributed by atoms with Gasteiger partial charge >= 0.3 is 0 Å². The molecule has 1 aliphatic heterocycles. The van der Waals surface area contributed by atoms with Gasteiger partial charge in [-0.25, -0.2) is 4.98 Å². The van der Waals surface area contributed by atoms with Gasteiger partial charge in [-0.15, -0.1) is 11.8 Å². The van der Waals surface area contributed by atoms with Gasteiger partial charge < -0.3 is 5.32 Å². The van der Waals surface area contributed by atoms with Gasteiger partial charge in [0.1, 0.15) is 6.33 Å². The van der Waals surface area contributed by atoms with Gasteiger partial charge in [0.15, 0.2) is 5.82 Å². The maximum Gasteiger partial charge on any atom is 0.235 e. The Hall–Kier alpha value is -2.12. The summed E-state index contributed by atoms with van der Waals surface area (Å²) in [5, 5.41) is 2.89. The topological polar surface area (TPSA) is 59.8 Å². The highest BCUT2D eigenvalue weighted by atomic mass is 79.9. The first kappa shape index (κ1) is 15.4. The number of thioether (sulfide) groups is 1. The number of anilines is 1. The Bertz CT molecular complexity index is 879. The molecule has 1 aliphatic rings. The molecule has 24 heavy (non-hydrogen) atoms. The van der Waals surface area contributed by atoms with Crippen LogP contribution in [0.3, 0.4) is 0 Å². The van der Waals surface area contributed by atoms with Crippen molar-refractivity contribution < 1.29 is 4.79 Å². The smallest absolute Gasteiger partial charge is 0.235 e. The second kappa shape index (κ2) is 6.41. The number of hydrogen-bond acceptors (Lipinski definition) is 4. The molecule has 4 rings (SSSR count). The van der Waals surface area contributed by atoms with Crippen LogP contribution in [-0.4, -0.2) is 26.2 Å². The molecule has 2 aromatic heterocycles. The predicted octanol–water partition coefficient (Wildman–Crippen LogP) is 3.80. The highest BCUT2D eigenvalue weighted by molar-refractivity contribution is 9.10. The van der Waals surface area contributed by atoms with Crippen LogP contribution in [0, 0.1) is 0 Å². The highest BCUT2D eigenvalue weighted by Gasteiger charge is 2.29. The first-order valence-corrected chi connectivity index (χ1v) is 9.21. The van der Waals surface area contributed by atoms with Crippen molar-refractivity contribution in [1.29, 1.82) is 0 Å². The Balaban J connectivity index is 1.87. The largest absolute Gasteiger partial charge is 0.308 e. The van der Waals surface area contributed by atoms with Gasteiger partial charge in [-0.1, -0.05) is 22.0 Å². The number of nitrogens with one attached hydrogen (secondary N) is 1. The maximum atomic E-state index is 12.0. The van der Waals surface area contributed by atoms with Crippen LogP contribution in [0.5, 0.6) is 0 Å². The average molecular weight is 401 g/mol. The van der Waals surface area contributed by atoms with E-state index in [-0.39, 0.29) is 11.2 Å². The van der Waals surface area contributed by atoms with Gasteiger partial charge in [0.05, 0.1) is 16.7 Å². The number of nitrogens with zero attached hydrogens (tertiary/aromatic N) is 3. The minimum Gasteiger partial charge on any atom is -0.308 e. The van der Waals surface area contributed by atoms with E-state index in [4.69, 9.17) is 0 Å². The first-order chi connectivity index (χ1) is 11.7. The van der Waals surface area contributed by atoms with Crippen molar-refractivity contribution in [2.75, 3.05) is 11.1 Å². The molecule has 3 aromatic rings. The highest BCUT2D eigenvalue weighted by Crippen LogP contribution is 2.41. The lowest BCUT2D eigenvalue weighted by molar-refractivity contribution is -0.113. The van der Waals surface area contributed by atoms with Crippen molar-refractivity contribution in [2.24, 2.45) is 0 Å². The molecule has 0 spiro atoms. The summed E-state index contributed by atoms with van der Waals surface area (Å²) in [5.41, 5.74) is 3.01. The molecule has 0 saturated heterocycles. The molecular weight excluding hydrogens is 388 g/mol. The fraction of sp³-hybridized carbons (Fsp3) is 0.118. The monoisotopic (exact) mass is 400 g/mol. The van der Waals surface area contributed by atoms with E-state index in [0.29, 0.717) is 11.6 Å². The molecule has 0 bridgehead atoms. The van der Waals surface area contributed by atoms with Gasteiger partial charge in [0.25, 0.3) is 0 Å². The second-order valence-corrected chi connectivity index (χ2v) is 7.36. The normalized spacial score (nSPS) is 17.0. The minimum atomic E-state index is -0.0336. The fourth-order valence-electron chi connectivity index (χ4n) is 2.70. The van der Waals surface area contributed by atoms with Crippen LogP contribution < -0.4 is 5.32 Å². The summed E-state index contributed by atoms with van der Waals surface area (Å²) in [6.45, 7) is 0. The zero-order valence-corrected chi connectivity index (χ0v) is 14.9. The molecule has 0 radical (unpaired) electrons. The number of benzene rings is 1. The van der Waals surface area contributed by atoms with Crippen LogP contribution in [0.15, 0.2) is 59.6 Å². The van der Waals surface area contributed by atoms with Crippen molar-refractivity contribution in [3.63, 3.8) is 0 Å². The number of rotatable bonds is 2. The summed E-state index contributed by atoms with van der Waals surface area (Å²) >= 11 is 5.04. The Labute approximate surface area is 151 Å². The molecule has 0 unspecified atom stereocenters. The van der Waals surface area contributed by atoms with Gasteiger partial charge in [0.2, 0.25) is 5.91 Å². The molecule has 1 N–H and O–H groups in total. The van der Waals surface area contributed by atoms with Crippen molar-refractivity contribution in [3.05, 3.63) is 70.8 Å². The maximum absolute atomic E-state index is 12.0. The van der Waals surface area contributed by atoms with Crippen molar-refractivity contribution in [1.82, 2.24) is 14.5 Å². The number of pyridine rings is 1. The predicted molar refractivity (Wildman–Crippen MR) is 98.4 cm³/mol. The molecule has 120 valence electrons. The first-order valence-electron chi connectivity index (χ1n) is 7.37. The summed E-state index contributed by atoms with van der Waals surface area (Å²) in [5.74, 6) is 0.964. The number of carbonyl (C=O) groups is 1. The Morgan fingerprint density at radius 2 is 2.08 bits per heavy atom. The van der Waals surface area contributed by atoms with Gasteiger partial charge in [-0.2, -0.15) is 0 Å². The van der Waals surface area contributed by atoms with Crippen LogP contribution >= 0.6 is 27.7 Å². The zero-order valence-electron chi connectivity index (χ0n) is 12.5. The summed E-state index contributed by atoms with van der Waals surface area (Å²) in [6, 6.07) is 12.0. The van der Waals surface area contributed by atoms with Crippen LogP contribution in [0.25, 0.3) is 5.69 Å². The number of halogens is 1. The number of hydrogen-bond donors (Lipinski definition) is 1. The van der Waals surface area contributed by atoms with E-state index in [9.17, 15) is 4.79 Å². The van der Waals surface area contributed by atoms with Gasteiger partial charge in [-0.3, -0.25) is 14.3 Å². The lowest BCUT2D eigenvalue weighted by atomic mass is 10.1. The van der Waals surface area contributed by atoms with E-state index >= 15 is 0 Å². The van der Waals surface area contributed by atoms with E-state index in [2.05, 4.69) is 31.2 Å². The second-order valence-electron chi connectivity index (χ2n) is 5.35. The molecular formula is C17H13BrN4OS. The Morgan fingerprint density at radius 3 is 2.83 bits per heavy atom. The number of fused-ring (bicyclic) bond motifs is 1. The SMILES string of the molecule is O=C1CS[C@H](c2cccnc2)c2c(ncn2-c2ccc(Br)cc2)N1. The molecule has 1 atom stereocenters. The molecule has 3 heterocycles. The summed E-state index contributed by atoms with van der Waals surface area (Å²) in [6.07, 6.45) is 5.35. The molecule has 1 amide bonds. The molecule has 5 nitrogen and oxygen atoms in total. The van der Waals surface area contributed by atoms with Gasteiger partial charge in [-0.05, 0) is 35.9 Å². The van der Waals surface area contributed by atoms with Crippen molar-refractivity contribution >= 4 is 39.4 Å². The van der Waals surface area contributed by atoms with Crippen LogP contribution in [0.1, 0.15) is 16.5 Å². The Kier molecular flexibility index (Phi) is 4.12. The minimum absolute atomic E-state index is 0.0150. The molecule has 0 saturated carbocycles. The molecule has 0 fully saturated rings. The van der Waals surface area contributed by atoms with Crippen molar-refractivity contribution in [2.45, 2.75) is 5.25 Å². The number of amides is 1. The van der Waals surface area contributed by atoms with Crippen molar-refractivity contribution in [3.8, 4) is 5.69 Å². The van der Waals surface area contributed by atoms with E-state index < -0.39 is 0 Å². The van der Waals surface area contributed by atoms with Crippen LogP contribution in [-0.2, 0) is 4.79 Å². The lowest BCUT2D eigenvalue weighted by Crippen LogP contribution is -2.12. The molecule has 7 heteroatoms.